The molecule has 5 heteroatoms. The van der Waals surface area contributed by atoms with Gasteiger partial charge in [0.05, 0.1) is 5.60 Å². The van der Waals surface area contributed by atoms with Gasteiger partial charge in [-0.15, -0.1) is 0 Å². The fourth-order valence-electron chi connectivity index (χ4n) is 2.32. The van der Waals surface area contributed by atoms with Crippen LogP contribution in [0.1, 0.15) is 38.9 Å². The van der Waals surface area contributed by atoms with Crippen molar-refractivity contribution >= 4 is 0 Å². The second-order valence-electron chi connectivity index (χ2n) is 5.29. The van der Waals surface area contributed by atoms with Crippen LogP contribution in [0, 0.1) is 0 Å². The van der Waals surface area contributed by atoms with Crippen LogP contribution >= 0.6 is 0 Å². The Morgan fingerprint density at radius 1 is 1.59 bits per heavy atom. The van der Waals surface area contributed by atoms with E-state index in [1.54, 1.807) is 6.33 Å². The summed E-state index contributed by atoms with van der Waals surface area (Å²) < 4.78 is 5.70. The van der Waals surface area contributed by atoms with Crippen LogP contribution < -0.4 is 5.32 Å². The van der Waals surface area contributed by atoms with Crippen LogP contribution in [-0.4, -0.2) is 40.0 Å². The summed E-state index contributed by atoms with van der Waals surface area (Å²) >= 11 is 0. The highest BCUT2D eigenvalue weighted by Gasteiger charge is 2.28. The van der Waals surface area contributed by atoms with Gasteiger partial charge < -0.3 is 10.1 Å². The molecule has 17 heavy (non-hydrogen) atoms. The Labute approximate surface area is 102 Å². The van der Waals surface area contributed by atoms with E-state index in [1.807, 2.05) is 0 Å². The molecule has 0 bridgehead atoms. The molecule has 1 atom stereocenters. The summed E-state index contributed by atoms with van der Waals surface area (Å²) in [5, 5.41) is 10.3. The Bertz CT molecular complexity index is 323. The van der Waals surface area contributed by atoms with Gasteiger partial charge in [-0.25, -0.2) is 4.98 Å². The predicted molar refractivity (Wildman–Crippen MR) is 65.8 cm³/mol. The van der Waals surface area contributed by atoms with Crippen LogP contribution in [-0.2, 0) is 11.2 Å². The van der Waals surface area contributed by atoms with Gasteiger partial charge in [-0.1, -0.05) is 0 Å². The number of H-pyrrole nitrogens is 1. The number of ether oxygens (including phenoxy) is 1. The molecule has 2 heterocycles. The Morgan fingerprint density at radius 2 is 2.47 bits per heavy atom. The van der Waals surface area contributed by atoms with Crippen molar-refractivity contribution in [1.82, 2.24) is 20.5 Å². The molecule has 0 aromatic carbocycles. The van der Waals surface area contributed by atoms with Crippen molar-refractivity contribution in [3.05, 3.63) is 12.2 Å². The van der Waals surface area contributed by atoms with Crippen molar-refractivity contribution in [2.45, 2.75) is 51.2 Å². The van der Waals surface area contributed by atoms with E-state index in [1.165, 1.54) is 0 Å². The van der Waals surface area contributed by atoms with Crippen LogP contribution in [0.3, 0.4) is 0 Å². The Morgan fingerprint density at radius 3 is 3.18 bits per heavy atom. The van der Waals surface area contributed by atoms with Gasteiger partial charge in [0.15, 0.2) is 0 Å². The van der Waals surface area contributed by atoms with Crippen molar-refractivity contribution in [2.75, 3.05) is 13.2 Å². The first kappa shape index (κ1) is 12.5. The highest BCUT2D eigenvalue weighted by Crippen LogP contribution is 2.23. The average molecular weight is 238 g/mol. The minimum atomic E-state index is 0.0286. The maximum atomic E-state index is 5.70. The number of aromatic amines is 1. The second-order valence-corrected chi connectivity index (χ2v) is 5.29. The normalized spacial score (nSPS) is 23.8. The molecule has 1 aromatic rings. The van der Waals surface area contributed by atoms with Gasteiger partial charge in [0, 0.05) is 19.1 Å². The minimum absolute atomic E-state index is 0.0286. The van der Waals surface area contributed by atoms with Gasteiger partial charge in [0.25, 0.3) is 0 Å². The molecule has 1 saturated heterocycles. The van der Waals surface area contributed by atoms with Crippen LogP contribution in [0.2, 0.25) is 0 Å². The van der Waals surface area contributed by atoms with Crippen molar-refractivity contribution in [2.24, 2.45) is 0 Å². The lowest BCUT2D eigenvalue weighted by Gasteiger charge is -2.36. The lowest BCUT2D eigenvalue weighted by atomic mass is 9.94. The molecule has 1 aliphatic rings. The zero-order chi connectivity index (χ0) is 12.1. The lowest BCUT2D eigenvalue weighted by molar-refractivity contribution is -0.0627. The van der Waals surface area contributed by atoms with Crippen molar-refractivity contribution < 1.29 is 4.74 Å². The van der Waals surface area contributed by atoms with Crippen molar-refractivity contribution in [3.8, 4) is 0 Å². The van der Waals surface area contributed by atoms with Crippen molar-refractivity contribution in [3.63, 3.8) is 0 Å². The molecule has 0 saturated carbocycles. The van der Waals surface area contributed by atoms with E-state index in [0.29, 0.717) is 6.04 Å². The molecule has 0 radical (unpaired) electrons. The van der Waals surface area contributed by atoms with E-state index < -0.39 is 0 Å². The number of hydrogen-bond acceptors (Lipinski definition) is 4. The molecule has 5 nitrogen and oxygen atoms in total. The van der Waals surface area contributed by atoms with Gasteiger partial charge in [0.2, 0.25) is 0 Å². The molecule has 2 N–H and O–H groups in total. The molecule has 0 aliphatic carbocycles. The largest absolute Gasteiger partial charge is 0.375 e. The molecule has 96 valence electrons. The highest BCUT2D eigenvalue weighted by atomic mass is 16.5. The van der Waals surface area contributed by atoms with Crippen LogP contribution in [0.25, 0.3) is 0 Å². The van der Waals surface area contributed by atoms with E-state index in [2.05, 4.69) is 34.3 Å². The van der Waals surface area contributed by atoms with E-state index in [0.717, 1.165) is 44.7 Å². The maximum absolute atomic E-state index is 5.70. The zero-order valence-electron chi connectivity index (χ0n) is 10.7. The first-order valence-corrected chi connectivity index (χ1v) is 6.37. The monoisotopic (exact) mass is 238 g/mol. The zero-order valence-corrected chi connectivity index (χ0v) is 10.7. The Kier molecular flexibility index (Phi) is 4.12. The summed E-state index contributed by atoms with van der Waals surface area (Å²) in [6.45, 7) is 6.22. The molecule has 1 aliphatic heterocycles. The molecule has 2 rings (SSSR count). The van der Waals surface area contributed by atoms with Gasteiger partial charge in [-0.05, 0) is 39.7 Å². The fraction of sp³-hybridized carbons (Fsp3) is 0.833. The number of nitrogens with one attached hydrogen (secondary N) is 2. The highest BCUT2D eigenvalue weighted by molar-refractivity contribution is 4.84. The predicted octanol–water partition coefficient (Wildman–Crippen LogP) is 1.28. The third-order valence-electron chi connectivity index (χ3n) is 3.19. The third-order valence-corrected chi connectivity index (χ3v) is 3.19. The fourth-order valence-corrected chi connectivity index (χ4v) is 2.32. The number of aryl methyl sites for hydroxylation is 1. The first-order chi connectivity index (χ1) is 8.16. The molecular formula is C12H22N4O. The molecule has 0 spiro atoms. The third kappa shape index (κ3) is 4.09. The van der Waals surface area contributed by atoms with Crippen LogP contribution in [0.15, 0.2) is 6.33 Å². The van der Waals surface area contributed by atoms with Gasteiger partial charge in [0.1, 0.15) is 12.2 Å². The summed E-state index contributed by atoms with van der Waals surface area (Å²) in [6, 6.07) is 0.591. The average Bonchev–Trinajstić information content (AvgIpc) is 2.76. The van der Waals surface area contributed by atoms with Crippen LogP contribution in [0.5, 0.6) is 0 Å². The minimum Gasteiger partial charge on any atom is -0.375 e. The van der Waals surface area contributed by atoms with E-state index in [4.69, 9.17) is 4.74 Å². The number of aromatic nitrogens is 3. The molecule has 1 unspecified atom stereocenters. The standard InChI is InChI=1S/C12H22N4O/c1-12(2)8-10(5-7-17-12)13-6-3-4-11-14-9-15-16-11/h9-10,13H,3-8H2,1-2H3,(H,14,15,16). The molecule has 0 amide bonds. The summed E-state index contributed by atoms with van der Waals surface area (Å²) in [4.78, 5) is 4.11. The molecule has 1 fully saturated rings. The quantitative estimate of drug-likeness (QED) is 0.759. The van der Waals surface area contributed by atoms with Gasteiger partial charge in [-0.2, -0.15) is 5.10 Å². The van der Waals surface area contributed by atoms with E-state index in [9.17, 15) is 0 Å². The summed E-state index contributed by atoms with van der Waals surface area (Å²) in [6.07, 6.45) is 5.82. The topological polar surface area (TPSA) is 62.8 Å². The SMILES string of the molecule is CC1(C)CC(NCCCc2ncn[nH]2)CCO1. The van der Waals surface area contributed by atoms with E-state index >= 15 is 0 Å². The molecular weight excluding hydrogens is 216 g/mol. The number of rotatable bonds is 5. The summed E-state index contributed by atoms with van der Waals surface area (Å²) in [7, 11) is 0. The van der Waals surface area contributed by atoms with Crippen molar-refractivity contribution in [1.29, 1.82) is 0 Å². The maximum Gasteiger partial charge on any atom is 0.137 e. The first-order valence-electron chi connectivity index (χ1n) is 6.37. The summed E-state index contributed by atoms with van der Waals surface area (Å²) in [5.41, 5.74) is 0.0286. The Hall–Kier alpha value is -0.940. The van der Waals surface area contributed by atoms with Crippen LogP contribution in [0.4, 0.5) is 0 Å². The van der Waals surface area contributed by atoms with Gasteiger partial charge in [-0.3, -0.25) is 5.10 Å². The van der Waals surface area contributed by atoms with Gasteiger partial charge >= 0.3 is 0 Å². The second kappa shape index (κ2) is 5.60. The number of nitrogens with zero attached hydrogens (tertiary/aromatic N) is 2. The molecule has 1 aromatic heterocycles. The number of hydrogen-bond donors (Lipinski definition) is 2. The lowest BCUT2D eigenvalue weighted by Crippen LogP contribution is -2.44. The van der Waals surface area contributed by atoms with E-state index in [-0.39, 0.29) is 5.60 Å². The smallest absolute Gasteiger partial charge is 0.137 e. The Balaban J connectivity index is 1.62. The summed E-state index contributed by atoms with van der Waals surface area (Å²) in [5.74, 6) is 0.971.